The van der Waals surface area contributed by atoms with Gasteiger partial charge in [-0.1, -0.05) is 252 Å². The van der Waals surface area contributed by atoms with Gasteiger partial charge in [0, 0.05) is 69.3 Å². The number of aryl methyl sites for hydroxylation is 7. The number of nitrogens with zero attached hydrogens (tertiary/aromatic N) is 3. The highest BCUT2D eigenvalue weighted by Gasteiger charge is 2.32. The third-order valence-corrected chi connectivity index (χ3v) is 17.3. The SMILES string of the molecule is CC(=O)c1cccc(-c2cccc(C)c2)c1.COc1cccc(-c2cccc(C)c2)c1.Cc1ccc(N2CCNCC2)cc1.Cc1cccc(-c2cccc(C(F)(F)F)c2)c1.Cc1cccc(-c2cccc(OC(F)(F)F)c2)c1.Cc1cccc(N2CCNCC2)c1.[C-]#[N+]c1cccc(-c2cccc(C)c2)c1. The molecule has 14 heteroatoms. The summed E-state index contributed by atoms with van der Waals surface area (Å²) < 4.78 is 83.1. The number of piperazine rings is 2. The predicted molar refractivity (Wildman–Crippen MR) is 430 cm³/mol. The summed E-state index contributed by atoms with van der Waals surface area (Å²) in [7, 11) is 1.69. The van der Waals surface area contributed by atoms with Crippen LogP contribution < -0.4 is 29.9 Å². The zero-order valence-electron chi connectivity index (χ0n) is 62.2. The molecule has 2 saturated heterocycles. The zero-order chi connectivity index (χ0) is 76.7. The number of hydrogen-bond acceptors (Lipinski definition) is 7. The fourth-order valence-corrected chi connectivity index (χ4v) is 11.8. The maximum atomic E-state index is 12.6. The summed E-state index contributed by atoms with van der Waals surface area (Å²) in [4.78, 5) is 19.6. The van der Waals surface area contributed by atoms with Crippen molar-refractivity contribution in [2.24, 2.45) is 0 Å². The standard InChI is InChI=1S/C15H14O.C14H11F3O.C14H11F3.C14H11N.C14H14O.2C11H16N2/c1-11-5-3-7-14(9-11)15-8-4-6-13(10-15)12(2)16;1-10-4-2-5-11(8-10)12-6-3-7-13(9-12)18-14(15,16)17;1-10-4-2-5-11(8-10)12-6-3-7-13(9-12)14(15,16)17;2*1-11-5-3-6-12(9-11)13-7-4-8-14(10-13)15-2;1-10-2-4-11(5-3-10)13-8-6-12-7-9-13;1-10-3-2-4-11(9-10)13-7-5-12-6-8-13/h3-10H,1-2H3;2-9H,1H3;2-9H,1H3;3-10H,1H3;3-10H,1-2H3;2-5,12H,6-9H2,1H3;2-4,9,12H,5-8H2,1H3. The molecule has 0 bridgehead atoms. The molecule has 0 amide bonds. The van der Waals surface area contributed by atoms with Crippen molar-refractivity contribution in [3.8, 4) is 67.1 Å². The van der Waals surface area contributed by atoms with E-state index in [-0.39, 0.29) is 11.5 Å². The summed E-state index contributed by atoms with van der Waals surface area (Å²) >= 11 is 0. The second-order valence-corrected chi connectivity index (χ2v) is 26.2. The number of carbonyl (C=O) groups excluding carboxylic acids is 1. The number of alkyl halides is 6. The number of rotatable bonds is 10. The molecule has 2 N–H and O–H groups in total. The lowest BCUT2D eigenvalue weighted by Crippen LogP contribution is -2.43. The van der Waals surface area contributed by atoms with Gasteiger partial charge in [-0.2, -0.15) is 13.2 Å². The number of anilines is 2. The van der Waals surface area contributed by atoms with Gasteiger partial charge in [-0.25, -0.2) is 4.85 Å². The van der Waals surface area contributed by atoms with Crippen LogP contribution in [0, 0.1) is 55.0 Å². The average molecular weight is 1440 g/mol. The van der Waals surface area contributed by atoms with Crippen LogP contribution in [0.2, 0.25) is 0 Å². The number of ketones is 1. The highest BCUT2D eigenvalue weighted by Crippen LogP contribution is 2.34. The quantitative estimate of drug-likeness (QED) is 0.0803. The average Bonchev–Trinajstić information content (AvgIpc) is 0.829. The van der Waals surface area contributed by atoms with Crippen molar-refractivity contribution in [2.75, 3.05) is 69.3 Å². The van der Waals surface area contributed by atoms with E-state index < -0.39 is 18.1 Å². The molecule has 0 spiro atoms. The Morgan fingerprint density at radius 2 is 0.701 bits per heavy atom. The van der Waals surface area contributed by atoms with E-state index in [2.05, 4.69) is 186 Å². The van der Waals surface area contributed by atoms with Crippen LogP contribution in [-0.4, -0.2) is 71.6 Å². The van der Waals surface area contributed by atoms with Gasteiger partial charge in [0.25, 0.3) is 0 Å². The van der Waals surface area contributed by atoms with E-state index in [0.29, 0.717) is 16.8 Å². The first kappa shape index (κ1) is 81.2. The van der Waals surface area contributed by atoms with E-state index in [1.807, 2.05) is 135 Å². The number of Topliss-reactive ketones (excluding diaryl/α,β-unsaturated/α-hetero) is 1. The lowest BCUT2D eigenvalue weighted by molar-refractivity contribution is -0.274. The fraction of sp³-hybridized carbons (Fsp3) is 0.204. The molecule has 0 unspecified atom stereocenters. The van der Waals surface area contributed by atoms with Gasteiger partial charge in [-0.05, 0) is 189 Å². The van der Waals surface area contributed by atoms with Crippen molar-refractivity contribution in [1.29, 1.82) is 0 Å². The Morgan fingerprint density at radius 1 is 0.364 bits per heavy atom. The van der Waals surface area contributed by atoms with Gasteiger partial charge >= 0.3 is 12.5 Å². The van der Waals surface area contributed by atoms with Crippen LogP contribution >= 0.6 is 0 Å². The van der Waals surface area contributed by atoms with Crippen molar-refractivity contribution in [3.63, 3.8) is 0 Å². The van der Waals surface area contributed by atoms with E-state index >= 15 is 0 Å². The lowest BCUT2D eigenvalue weighted by Gasteiger charge is -2.29. The van der Waals surface area contributed by atoms with Crippen LogP contribution in [0.1, 0.15) is 61.8 Å². The monoisotopic (exact) mass is 1440 g/mol. The molecule has 0 aliphatic carbocycles. The van der Waals surface area contributed by atoms with Crippen molar-refractivity contribution in [3.05, 3.63) is 353 Å². The summed E-state index contributed by atoms with van der Waals surface area (Å²) in [6, 6.07) is 92.4. The van der Waals surface area contributed by atoms with Gasteiger partial charge in [0.15, 0.2) is 11.5 Å². The molecule has 0 saturated carbocycles. The number of hydrogen-bond donors (Lipinski definition) is 2. The minimum atomic E-state index is -4.66. The van der Waals surface area contributed by atoms with Crippen molar-refractivity contribution in [1.82, 2.24) is 10.6 Å². The molecule has 2 heterocycles. The van der Waals surface area contributed by atoms with Crippen molar-refractivity contribution >= 4 is 22.8 Å². The molecular formula is C93H93F6N5O3. The van der Waals surface area contributed by atoms with E-state index in [4.69, 9.17) is 11.3 Å². The van der Waals surface area contributed by atoms with E-state index in [1.54, 1.807) is 32.2 Å². The first-order chi connectivity index (χ1) is 51.4. The van der Waals surface area contributed by atoms with E-state index in [9.17, 15) is 31.1 Å². The first-order valence-corrected chi connectivity index (χ1v) is 35.5. The molecular weight excluding hydrogens is 1350 g/mol. The third-order valence-electron chi connectivity index (χ3n) is 17.3. The molecule has 0 aromatic heterocycles. The Bertz CT molecular complexity index is 4820. The molecule has 2 fully saturated rings. The number of methoxy groups -OCH3 is 1. The highest BCUT2D eigenvalue weighted by molar-refractivity contribution is 5.95. The molecule has 14 rings (SSSR count). The fourth-order valence-electron chi connectivity index (χ4n) is 11.8. The molecule has 12 aromatic carbocycles. The minimum absolute atomic E-state index is 0.106. The van der Waals surface area contributed by atoms with Crippen molar-refractivity contribution in [2.45, 2.75) is 67.9 Å². The number of carbonyl (C=O) groups is 1. The number of ether oxygens (including phenoxy) is 2. The Morgan fingerprint density at radius 3 is 1.09 bits per heavy atom. The van der Waals surface area contributed by atoms with Crippen LogP contribution in [-0.2, 0) is 6.18 Å². The molecule has 12 aromatic rings. The summed E-state index contributed by atoms with van der Waals surface area (Å²) in [5.41, 5.74) is 21.9. The third kappa shape index (κ3) is 27.5. The Balaban J connectivity index is 0.000000158. The van der Waals surface area contributed by atoms with Crippen LogP contribution in [0.5, 0.6) is 11.5 Å². The lowest BCUT2D eigenvalue weighted by atomic mass is 10.0. The van der Waals surface area contributed by atoms with Gasteiger partial charge in [0.1, 0.15) is 11.5 Å². The second-order valence-electron chi connectivity index (χ2n) is 26.2. The molecule has 8 nitrogen and oxygen atoms in total. The van der Waals surface area contributed by atoms with E-state index in [1.165, 1.54) is 80.1 Å². The number of nitrogens with one attached hydrogen (secondary N) is 2. The summed E-state index contributed by atoms with van der Waals surface area (Å²) in [6.45, 7) is 31.9. The van der Waals surface area contributed by atoms with Crippen molar-refractivity contribution < 1.29 is 40.6 Å². The van der Waals surface area contributed by atoms with Crippen LogP contribution in [0.4, 0.5) is 43.4 Å². The minimum Gasteiger partial charge on any atom is -0.497 e. The highest BCUT2D eigenvalue weighted by atomic mass is 19.4. The predicted octanol–water partition coefficient (Wildman–Crippen LogP) is 23.8. The first-order valence-electron chi connectivity index (χ1n) is 35.5. The van der Waals surface area contributed by atoms with Gasteiger partial charge in [-0.3, -0.25) is 4.79 Å². The Hall–Kier alpha value is -11.5. The smallest absolute Gasteiger partial charge is 0.497 e. The molecule has 0 atom stereocenters. The Kier molecular flexibility index (Phi) is 30.9. The maximum Gasteiger partial charge on any atom is 0.573 e. The maximum absolute atomic E-state index is 12.6. The molecule has 0 radical (unpaired) electrons. The topological polar surface area (TPSA) is 70.4 Å². The van der Waals surface area contributed by atoms with Crippen LogP contribution in [0.25, 0.3) is 60.5 Å². The van der Waals surface area contributed by atoms with Gasteiger partial charge in [0.05, 0.1) is 19.2 Å². The van der Waals surface area contributed by atoms with Gasteiger partial charge < -0.3 is 29.9 Å². The van der Waals surface area contributed by atoms with Gasteiger partial charge in [0.2, 0.25) is 0 Å². The molecule has 2 aliphatic rings. The molecule has 550 valence electrons. The molecule has 2 aliphatic heterocycles. The van der Waals surface area contributed by atoms with Gasteiger partial charge in [-0.15, -0.1) is 13.2 Å². The number of halogens is 6. The molecule has 107 heavy (non-hydrogen) atoms. The van der Waals surface area contributed by atoms with Crippen LogP contribution in [0.15, 0.2) is 291 Å². The summed E-state index contributed by atoms with van der Waals surface area (Å²) in [5.74, 6) is 0.796. The largest absolute Gasteiger partial charge is 0.573 e. The Labute approximate surface area is 627 Å². The second kappa shape index (κ2) is 40.7. The van der Waals surface area contributed by atoms with Crippen LogP contribution in [0.3, 0.4) is 0 Å². The van der Waals surface area contributed by atoms with E-state index in [0.717, 1.165) is 109 Å². The normalized spacial score (nSPS) is 12.2. The number of benzene rings is 12. The summed E-state index contributed by atoms with van der Waals surface area (Å²) in [6.07, 6.45) is -8.95. The zero-order valence-corrected chi connectivity index (χ0v) is 62.2. The summed E-state index contributed by atoms with van der Waals surface area (Å²) in [5, 5.41) is 6.71.